The molecule has 0 amide bonds. The molecule has 10 heteroatoms. The van der Waals surface area contributed by atoms with Crippen molar-refractivity contribution in [3.63, 3.8) is 0 Å². The molecule has 0 unspecified atom stereocenters. The van der Waals surface area contributed by atoms with Crippen molar-refractivity contribution in [1.29, 1.82) is 0 Å². The lowest BCUT2D eigenvalue weighted by Gasteiger charge is -2.26. The van der Waals surface area contributed by atoms with Crippen LogP contribution in [0.5, 0.6) is 0 Å². The molecule has 16 aromatic carbocycles. The van der Waals surface area contributed by atoms with E-state index in [0.717, 1.165) is 141 Å². The van der Waals surface area contributed by atoms with Gasteiger partial charge in [-0.2, -0.15) is 0 Å². The summed E-state index contributed by atoms with van der Waals surface area (Å²) in [6.45, 7) is 0. The number of aromatic nitrogens is 8. The molecule has 21 aromatic rings. The molecule has 0 radical (unpaired) electrons. The van der Waals surface area contributed by atoms with Crippen molar-refractivity contribution >= 4 is 77.7 Å². The third kappa shape index (κ3) is 13.4. The van der Waals surface area contributed by atoms with Gasteiger partial charge < -0.3 is 18.9 Å². The normalized spacial score (nSPS) is 11.4. The Kier molecular flexibility index (Phi) is 18.0. The highest BCUT2D eigenvalue weighted by Gasteiger charge is 2.24. The number of hydrogen-bond acceptors (Lipinski definition) is 8. The molecule has 0 fully saturated rings. The summed E-state index contributed by atoms with van der Waals surface area (Å²) in [5.74, 6) is 1.44. The lowest BCUT2D eigenvalue weighted by atomic mass is 9.99. The number of para-hydroxylation sites is 6. The van der Waals surface area contributed by atoms with Gasteiger partial charge in [-0.05, 0) is 174 Å². The van der Waals surface area contributed by atoms with Crippen molar-refractivity contribution in [3.05, 3.63) is 437 Å². The van der Waals surface area contributed by atoms with E-state index in [0.29, 0.717) is 28.9 Å². The molecule has 0 aliphatic carbocycles. The Morgan fingerprint density at radius 3 is 0.941 bits per heavy atom. The quantitative estimate of drug-likeness (QED) is 0.0839. The van der Waals surface area contributed by atoms with Gasteiger partial charge in [-0.25, -0.2) is 29.9 Å². The molecule has 10 nitrogen and oxygen atoms in total. The lowest BCUT2D eigenvalue weighted by molar-refractivity contribution is 1.09. The second kappa shape index (κ2) is 30.5. The molecule has 0 N–H and O–H groups in total. The van der Waals surface area contributed by atoms with Gasteiger partial charge in [-0.1, -0.05) is 285 Å². The van der Waals surface area contributed by atoms with E-state index in [9.17, 15) is 0 Å². The van der Waals surface area contributed by atoms with Gasteiger partial charge in [-0.15, -0.1) is 0 Å². The van der Waals surface area contributed by atoms with Crippen LogP contribution in [0.15, 0.2) is 437 Å². The van der Waals surface area contributed by atoms with Crippen LogP contribution >= 0.6 is 0 Å². The van der Waals surface area contributed by atoms with Crippen molar-refractivity contribution in [2.45, 2.75) is 0 Å². The van der Waals surface area contributed by atoms with Crippen molar-refractivity contribution in [2.75, 3.05) is 9.80 Å². The van der Waals surface area contributed by atoms with Crippen LogP contribution in [0.4, 0.5) is 34.1 Å². The minimum atomic E-state index is 0.390. The van der Waals surface area contributed by atoms with Crippen LogP contribution < -0.4 is 9.80 Å². The maximum absolute atomic E-state index is 5.48. The molecule has 0 bridgehead atoms. The number of benzene rings is 16. The molecule has 0 aliphatic rings. The first-order valence-electron chi connectivity index (χ1n) is 39.7. The first-order valence-corrected chi connectivity index (χ1v) is 39.7. The third-order valence-corrected chi connectivity index (χ3v) is 22.1. The fourth-order valence-corrected chi connectivity index (χ4v) is 16.5. The predicted octanol–water partition coefficient (Wildman–Crippen LogP) is 27.9. The van der Waals surface area contributed by atoms with Gasteiger partial charge in [0.15, 0.2) is 17.5 Å². The monoisotopic (exact) mass is 1510 g/mol. The minimum absolute atomic E-state index is 0.390. The van der Waals surface area contributed by atoms with E-state index in [2.05, 4.69) is 383 Å². The zero-order valence-corrected chi connectivity index (χ0v) is 64.0. The van der Waals surface area contributed by atoms with Crippen LogP contribution in [0.2, 0.25) is 0 Å². The van der Waals surface area contributed by atoms with Crippen LogP contribution in [-0.4, -0.2) is 39.0 Å². The summed E-state index contributed by atoms with van der Waals surface area (Å²) in [5, 5.41) is 4.84. The average molecular weight is 1510 g/mol. The van der Waals surface area contributed by atoms with Crippen LogP contribution in [-0.2, 0) is 0 Å². The molecule has 0 spiro atoms. The second-order valence-corrected chi connectivity index (χ2v) is 29.4. The summed E-state index contributed by atoms with van der Waals surface area (Å²) >= 11 is 0. The highest BCUT2D eigenvalue weighted by Crippen LogP contribution is 2.44. The molecule has 0 atom stereocenters. The number of anilines is 6. The summed E-state index contributed by atoms with van der Waals surface area (Å²) < 4.78 is 4.77. The fourth-order valence-electron chi connectivity index (χ4n) is 16.5. The van der Waals surface area contributed by atoms with E-state index in [1.165, 1.54) is 32.6 Å². The maximum Gasteiger partial charge on any atom is 0.198 e. The number of rotatable bonds is 18. The SMILES string of the molecule is c1ccc(-c2cc(-c3ccccc3)nc(-c3nc(-c4cccc(N(c5ccccc5)c5ccccc5)c4)cc(-c4cccc(N(c5ccccc5)c5cccc(-c6cccc(-c7cc(-c8ccc(-n9c%10ccccc%10c%10ccc(-c%11ccc%12c(c%11)c%11ccccc%11n%12-c%11ccccc%11)cc%109)cc8)nc(-c8ccccc8)n7)c6)c5)c4)n3)n2)cc1. The number of hydrogen-bond donors (Lipinski definition) is 0. The Labute approximate surface area is 683 Å². The summed E-state index contributed by atoms with van der Waals surface area (Å²) in [4.78, 5) is 36.8. The molecule has 554 valence electrons. The van der Waals surface area contributed by atoms with E-state index in [1.54, 1.807) is 0 Å². The van der Waals surface area contributed by atoms with Gasteiger partial charge in [0.25, 0.3) is 0 Å². The Bertz CT molecular complexity index is 7190. The van der Waals surface area contributed by atoms with Crippen molar-refractivity contribution in [2.24, 2.45) is 0 Å². The van der Waals surface area contributed by atoms with Crippen LogP contribution in [0.3, 0.4) is 0 Å². The maximum atomic E-state index is 5.48. The van der Waals surface area contributed by atoms with E-state index in [4.69, 9.17) is 29.9 Å². The molecule has 0 aliphatic heterocycles. The van der Waals surface area contributed by atoms with Gasteiger partial charge in [0.05, 0.1) is 56.2 Å². The van der Waals surface area contributed by atoms with E-state index < -0.39 is 0 Å². The first-order chi connectivity index (χ1) is 58.5. The summed E-state index contributed by atoms with van der Waals surface area (Å²) in [7, 11) is 0. The van der Waals surface area contributed by atoms with Crippen LogP contribution in [0.1, 0.15) is 0 Å². The Morgan fingerprint density at radius 1 is 0.153 bits per heavy atom. The Hall–Kier alpha value is -16.0. The van der Waals surface area contributed by atoms with Gasteiger partial charge in [0.1, 0.15) is 0 Å². The molecule has 5 heterocycles. The molecule has 21 rings (SSSR count). The summed E-state index contributed by atoms with van der Waals surface area (Å²) in [6.07, 6.45) is 0. The third-order valence-electron chi connectivity index (χ3n) is 22.1. The van der Waals surface area contributed by atoms with Gasteiger partial charge in [0.2, 0.25) is 0 Å². The number of fused-ring (bicyclic) bond motifs is 6. The van der Waals surface area contributed by atoms with Crippen LogP contribution in [0.25, 0.3) is 168 Å². The largest absolute Gasteiger partial charge is 0.310 e. The smallest absolute Gasteiger partial charge is 0.198 e. The Morgan fingerprint density at radius 2 is 0.441 bits per heavy atom. The van der Waals surface area contributed by atoms with E-state index in [-0.39, 0.29) is 0 Å². The van der Waals surface area contributed by atoms with Crippen molar-refractivity contribution < 1.29 is 0 Å². The minimum Gasteiger partial charge on any atom is -0.310 e. The van der Waals surface area contributed by atoms with E-state index in [1.807, 2.05) is 72.8 Å². The molecular formula is C108H72N10. The topological polar surface area (TPSA) is 93.7 Å². The highest BCUT2D eigenvalue weighted by atomic mass is 15.1. The predicted molar refractivity (Wildman–Crippen MR) is 486 cm³/mol. The van der Waals surface area contributed by atoms with Gasteiger partial charge >= 0.3 is 0 Å². The molecule has 0 saturated heterocycles. The van der Waals surface area contributed by atoms with E-state index >= 15 is 0 Å². The number of nitrogens with zero attached hydrogens (tertiary/aromatic N) is 10. The van der Waals surface area contributed by atoms with Crippen molar-refractivity contribution in [1.82, 2.24) is 39.0 Å². The first kappa shape index (κ1) is 69.9. The van der Waals surface area contributed by atoms with Gasteiger partial charge in [0, 0.05) is 106 Å². The van der Waals surface area contributed by atoms with Gasteiger partial charge in [-0.3, -0.25) is 0 Å². The standard InChI is InChI=1S/C108H72N10/c1-8-30-73(31-9-1)96-70-97(74-32-10-2-11-33-74)112-107(111-96)108-113-100(82-39-28-50-90(66-82)115(84-41-14-4-15-42-84)85-43-16-5-17-44-85)72-101(114-108)83-40-29-51-91(67-83)116(86-45-18-6-19-46-86)89-49-27-37-78(65-89)77-36-26-38-81(64-77)99-71-98(109-106(110-99)76-34-12-3-13-35-76)75-56-60-88(61-57-75)118-102-54-24-22-52-92(102)94-62-58-80(69-105(94)118)79-59-63-104-95(68-79)93-53-23-25-55-103(93)117(104)87-47-20-7-21-48-87/h1-72H. The lowest BCUT2D eigenvalue weighted by Crippen LogP contribution is -2.10. The van der Waals surface area contributed by atoms with Crippen LogP contribution in [0, 0.1) is 0 Å². The summed E-state index contributed by atoms with van der Waals surface area (Å²) in [6, 6.07) is 154. The summed E-state index contributed by atoms with van der Waals surface area (Å²) in [5.41, 5.74) is 28.3. The fraction of sp³-hybridized carbons (Fsp3) is 0. The second-order valence-electron chi connectivity index (χ2n) is 29.4. The Balaban J connectivity index is 0.634. The molecule has 5 aromatic heterocycles. The zero-order chi connectivity index (χ0) is 78.2. The zero-order valence-electron chi connectivity index (χ0n) is 64.0. The molecule has 0 saturated carbocycles. The highest BCUT2D eigenvalue weighted by molar-refractivity contribution is 6.13. The molecule has 118 heavy (non-hydrogen) atoms. The molecular weight excluding hydrogens is 1440 g/mol. The average Bonchev–Trinajstić information content (AvgIpc) is 1.58. The van der Waals surface area contributed by atoms with Crippen molar-refractivity contribution in [3.8, 4) is 124 Å².